The van der Waals surface area contributed by atoms with Gasteiger partial charge < -0.3 is 14.9 Å². The lowest BCUT2D eigenvalue weighted by molar-refractivity contribution is 0.285. The zero-order valence-electron chi connectivity index (χ0n) is 9.18. The molecule has 1 aliphatic heterocycles. The average molecular weight is 227 g/mol. The third-order valence-electron chi connectivity index (χ3n) is 2.86. The van der Waals surface area contributed by atoms with Crippen LogP contribution in [0.3, 0.4) is 0 Å². The molecule has 2 rings (SSSR count). The first-order chi connectivity index (χ1) is 7.20. The van der Waals surface area contributed by atoms with Crippen LogP contribution in [0, 0.1) is 0 Å². The van der Waals surface area contributed by atoms with E-state index in [0.29, 0.717) is 6.04 Å². The van der Waals surface area contributed by atoms with E-state index in [2.05, 4.69) is 28.9 Å². The minimum atomic E-state index is 0.0998. The van der Waals surface area contributed by atoms with Gasteiger partial charge in [-0.15, -0.1) is 0 Å². The van der Waals surface area contributed by atoms with Gasteiger partial charge in [-0.05, 0) is 20.5 Å². The van der Waals surface area contributed by atoms with Crippen molar-refractivity contribution < 1.29 is 5.11 Å². The number of anilines is 1. The fourth-order valence-corrected chi connectivity index (χ4v) is 2.66. The Morgan fingerprint density at radius 2 is 2.47 bits per heavy atom. The van der Waals surface area contributed by atoms with Crippen LogP contribution in [-0.2, 0) is 6.61 Å². The molecule has 1 N–H and O–H groups in total. The fourth-order valence-electron chi connectivity index (χ4n) is 1.85. The molecule has 5 heteroatoms. The van der Waals surface area contributed by atoms with E-state index in [1.807, 2.05) is 0 Å². The van der Waals surface area contributed by atoms with Crippen molar-refractivity contribution in [1.82, 2.24) is 9.88 Å². The Morgan fingerprint density at radius 3 is 3.00 bits per heavy atom. The maximum Gasteiger partial charge on any atom is 0.185 e. The van der Waals surface area contributed by atoms with Gasteiger partial charge in [-0.3, -0.25) is 0 Å². The quantitative estimate of drug-likeness (QED) is 0.828. The molecular weight excluding hydrogens is 210 g/mol. The highest BCUT2D eigenvalue weighted by molar-refractivity contribution is 7.15. The van der Waals surface area contributed by atoms with Gasteiger partial charge in [-0.2, -0.15) is 0 Å². The summed E-state index contributed by atoms with van der Waals surface area (Å²) in [4.78, 5) is 9.84. The number of thiazole rings is 1. The lowest BCUT2D eigenvalue weighted by Gasteiger charge is -2.19. The van der Waals surface area contributed by atoms with E-state index >= 15 is 0 Å². The highest BCUT2D eigenvalue weighted by Gasteiger charge is 2.25. The topological polar surface area (TPSA) is 39.6 Å². The first kappa shape index (κ1) is 10.9. The van der Waals surface area contributed by atoms with E-state index in [9.17, 15) is 0 Å². The van der Waals surface area contributed by atoms with Gasteiger partial charge in [-0.25, -0.2) is 4.98 Å². The molecule has 1 saturated heterocycles. The first-order valence-electron chi connectivity index (χ1n) is 5.17. The van der Waals surface area contributed by atoms with E-state index in [-0.39, 0.29) is 6.61 Å². The summed E-state index contributed by atoms with van der Waals surface area (Å²) in [5.41, 5.74) is 0. The minimum Gasteiger partial charge on any atom is -0.391 e. The number of aliphatic hydroxyl groups is 1. The van der Waals surface area contributed by atoms with Gasteiger partial charge in [0.25, 0.3) is 0 Å². The Balaban J connectivity index is 2.01. The zero-order chi connectivity index (χ0) is 10.8. The highest BCUT2D eigenvalue weighted by Crippen LogP contribution is 2.26. The second-order valence-corrected chi connectivity index (χ2v) is 5.21. The third-order valence-corrected chi connectivity index (χ3v) is 3.90. The Morgan fingerprint density at radius 1 is 1.67 bits per heavy atom. The standard InChI is InChI=1S/C10H17N3OS/c1-12(2)8-3-4-13(6-8)10-11-5-9(7-14)15-10/h5,8,14H,3-4,6-7H2,1-2H3. The summed E-state index contributed by atoms with van der Waals surface area (Å²) in [5.74, 6) is 0. The molecular formula is C10H17N3OS. The number of aliphatic hydroxyl groups excluding tert-OH is 1. The number of rotatable bonds is 3. The van der Waals surface area contributed by atoms with E-state index in [4.69, 9.17) is 5.11 Å². The van der Waals surface area contributed by atoms with Gasteiger partial charge in [0.1, 0.15) is 0 Å². The second kappa shape index (κ2) is 4.47. The van der Waals surface area contributed by atoms with Crippen molar-refractivity contribution in [2.75, 3.05) is 32.1 Å². The summed E-state index contributed by atoms with van der Waals surface area (Å²) < 4.78 is 0. The molecule has 1 atom stereocenters. The maximum atomic E-state index is 8.98. The van der Waals surface area contributed by atoms with Gasteiger partial charge in [-0.1, -0.05) is 11.3 Å². The molecule has 0 aromatic carbocycles. The van der Waals surface area contributed by atoms with Crippen LogP contribution in [0.25, 0.3) is 0 Å². The van der Waals surface area contributed by atoms with Crippen molar-refractivity contribution in [2.45, 2.75) is 19.1 Å². The summed E-state index contributed by atoms with van der Waals surface area (Å²) in [6.07, 6.45) is 2.96. The number of nitrogens with zero attached hydrogens (tertiary/aromatic N) is 3. The molecule has 1 aliphatic rings. The van der Waals surface area contributed by atoms with Gasteiger partial charge >= 0.3 is 0 Å². The van der Waals surface area contributed by atoms with Crippen LogP contribution in [0.5, 0.6) is 0 Å². The number of hydrogen-bond acceptors (Lipinski definition) is 5. The lowest BCUT2D eigenvalue weighted by Crippen LogP contribution is -2.31. The van der Waals surface area contributed by atoms with Crippen molar-refractivity contribution in [3.05, 3.63) is 11.1 Å². The first-order valence-corrected chi connectivity index (χ1v) is 5.99. The molecule has 0 saturated carbocycles. The van der Waals surface area contributed by atoms with Crippen LogP contribution in [-0.4, -0.2) is 48.2 Å². The molecule has 2 heterocycles. The smallest absolute Gasteiger partial charge is 0.185 e. The van der Waals surface area contributed by atoms with E-state index in [1.54, 1.807) is 17.5 Å². The van der Waals surface area contributed by atoms with Crippen molar-refractivity contribution >= 4 is 16.5 Å². The zero-order valence-corrected chi connectivity index (χ0v) is 10.00. The van der Waals surface area contributed by atoms with Gasteiger partial charge in [0.15, 0.2) is 5.13 Å². The highest BCUT2D eigenvalue weighted by atomic mass is 32.1. The Hall–Kier alpha value is -0.650. The maximum absolute atomic E-state index is 8.98. The molecule has 1 fully saturated rings. The Labute approximate surface area is 94.2 Å². The van der Waals surface area contributed by atoms with Crippen molar-refractivity contribution in [1.29, 1.82) is 0 Å². The van der Waals surface area contributed by atoms with Crippen LogP contribution in [0.15, 0.2) is 6.20 Å². The predicted molar refractivity (Wildman–Crippen MR) is 62.3 cm³/mol. The number of aromatic nitrogens is 1. The van der Waals surface area contributed by atoms with Crippen LogP contribution < -0.4 is 4.90 Å². The predicted octanol–water partition coefficient (Wildman–Crippen LogP) is 0.776. The normalized spacial score (nSPS) is 21.6. The van der Waals surface area contributed by atoms with E-state index in [0.717, 1.165) is 23.1 Å². The van der Waals surface area contributed by atoms with Crippen LogP contribution in [0.1, 0.15) is 11.3 Å². The van der Waals surface area contributed by atoms with Gasteiger partial charge in [0, 0.05) is 25.3 Å². The molecule has 1 aromatic rings. The molecule has 1 unspecified atom stereocenters. The van der Waals surface area contributed by atoms with Crippen LogP contribution >= 0.6 is 11.3 Å². The molecule has 0 bridgehead atoms. The Kier molecular flexibility index (Phi) is 3.23. The van der Waals surface area contributed by atoms with Gasteiger partial charge in [0.2, 0.25) is 0 Å². The van der Waals surface area contributed by atoms with Crippen molar-refractivity contribution in [3.8, 4) is 0 Å². The summed E-state index contributed by atoms with van der Waals surface area (Å²) in [6, 6.07) is 0.631. The summed E-state index contributed by atoms with van der Waals surface area (Å²) in [5, 5.41) is 10.0. The number of likely N-dealkylation sites (N-methyl/N-ethyl adjacent to an activating group) is 1. The van der Waals surface area contributed by atoms with E-state index < -0.39 is 0 Å². The van der Waals surface area contributed by atoms with Crippen molar-refractivity contribution in [2.24, 2.45) is 0 Å². The molecule has 0 spiro atoms. The molecule has 0 aliphatic carbocycles. The summed E-state index contributed by atoms with van der Waals surface area (Å²) in [6.45, 7) is 2.22. The largest absolute Gasteiger partial charge is 0.391 e. The summed E-state index contributed by atoms with van der Waals surface area (Å²) in [7, 11) is 4.24. The van der Waals surface area contributed by atoms with Crippen molar-refractivity contribution in [3.63, 3.8) is 0 Å². The lowest BCUT2D eigenvalue weighted by atomic mass is 10.2. The Bertz CT molecular complexity index is 326. The third kappa shape index (κ3) is 2.30. The molecule has 0 amide bonds. The second-order valence-electron chi connectivity index (χ2n) is 4.12. The fraction of sp³-hybridized carbons (Fsp3) is 0.700. The SMILES string of the molecule is CN(C)C1CCN(c2ncc(CO)s2)C1. The average Bonchev–Trinajstić information content (AvgIpc) is 2.86. The minimum absolute atomic E-state index is 0.0998. The van der Waals surface area contributed by atoms with Crippen LogP contribution in [0.4, 0.5) is 5.13 Å². The molecule has 84 valence electrons. The molecule has 0 radical (unpaired) electrons. The monoisotopic (exact) mass is 227 g/mol. The molecule has 15 heavy (non-hydrogen) atoms. The van der Waals surface area contributed by atoms with Crippen LogP contribution in [0.2, 0.25) is 0 Å². The molecule has 4 nitrogen and oxygen atoms in total. The molecule has 1 aromatic heterocycles. The summed E-state index contributed by atoms with van der Waals surface area (Å²) >= 11 is 1.59. The van der Waals surface area contributed by atoms with E-state index in [1.165, 1.54) is 6.42 Å². The van der Waals surface area contributed by atoms with Gasteiger partial charge in [0.05, 0.1) is 11.5 Å². The number of hydrogen-bond donors (Lipinski definition) is 1.